The summed E-state index contributed by atoms with van der Waals surface area (Å²) in [6.07, 6.45) is 7.26. The highest BCUT2D eigenvalue weighted by atomic mass is 16.7. The van der Waals surface area contributed by atoms with Crippen molar-refractivity contribution in [3.05, 3.63) is 65.2 Å². The summed E-state index contributed by atoms with van der Waals surface area (Å²) in [6.45, 7) is 4.63. The Morgan fingerprint density at radius 2 is 1.80 bits per heavy atom. The first-order valence-corrected chi connectivity index (χ1v) is 11.8. The molecule has 3 aliphatic carbocycles. The quantitative estimate of drug-likeness (QED) is 0.641. The minimum atomic E-state index is -0.294. The molecule has 1 unspecified atom stereocenters. The zero-order valence-electron chi connectivity index (χ0n) is 17.9. The van der Waals surface area contributed by atoms with E-state index in [4.69, 9.17) is 14.2 Å². The highest BCUT2D eigenvalue weighted by molar-refractivity contribution is 5.41. The maximum atomic E-state index is 6.26. The number of hydrogen-bond donors (Lipinski definition) is 0. The molecule has 1 spiro atoms. The molecule has 2 saturated carbocycles. The van der Waals surface area contributed by atoms with Crippen LogP contribution in [0.3, 0.4) is 0 Å². The van der Waals surface area contributed by atoms with Gasteiger partial charge in [-0.1, -0.05) is 43.3 Å². The van der Waals surface area contributed by atoms with Crippen molar-refractivity contribution < 1.29 is 14.2 Å². The Balaban J connectivity index is 1.22. The highest BCUT2D eigenvalue weighted by Crippen LogP contribution is 2.66. The second kappa shape index (κ2) is 7.10. The van der Waals surface area contributed by atoms with Crippen molar-refractivity contribution in [2.75, 3.05) is 13.2 Å². The Labute approximate surface area is 179 Å². The average molecular weight is 405 g/mol. The van der Waals surface area contributed by atoms with Crippen molar-refractivity contribution in [2.24, 2.45) is 17.3 Å². The molecule has 1 saturated heterocycles. The van der Waals surface area contributed by atoms with E-state index in [0.717, 1.165) is 37.2 Å². The number of hydrogen-bond acceptors (Lipinski definition) is 3. The summed E-state index contributed by atoms with van der Waals surface area (Å²) >= 11 is 0. The second-order valence-corrected chi connectivity index (χ2v) is 10.00. The van der Waals surface area contributed by atoms with E-state index in [1.807, 2.05) is 6.07 Å². The zero-order chi connectivity index (χ0) is 20.2. The maximum Gasteiger partial charge on any atom is 0.174 e. The van der Waals surface area contributed by atoms with Crippen LogP contribution in [0.5, 0.6) is 5.75 Å². The van der Waals surface area contributed by atoms with Crippen LogP contribution in [0, 0.1) is 17.3 Å². The molecule has 1 aliphatic heterocycles. The van der Waals surface area contributed by atoms with Gasteiger partial charge in [-0.15, -0.1) is 0 Å². The van der Waals surface area contributed by atoms with Crippen molar-refractivity contribution >= 4 is 0 Å². The molecule has 30 heavy (non-hydrogen) atoms. The second-order valence-electron chi connectivity index (χ2n) is 10.00. The van der Waals surface area contributed by atoms with Crippen LogP contribution in [0.4, 0.5) is 0 Å². The Kier molecular flexibility index (Phi) is 4.47. The van der Waals surface area contributed by atoms with E-state index in [0.29, 0.717) is 12.5 Å². The minimum Gasteiger partial charge on any atom is -0.489 e. The van der Waals surface area contributed by atoms with Crippen LogP contribution in [0.25, 0.3) is 0 Å². The predicted octanol–water partition coefficient (Wildman–Crippen LogP) is 5.86. The monoisotopic (exact) mass is 404 g/mol. The number of fused-ring (bicyclic) bond motifs is 6. The van der Waals surface area contributed by atoms with Gasteiger partial charge in [0.15, 0.2) is 5.79 Å². The van der Waals surface area contributed by atoms with E-state index in [1.165, 1.54) is 43.2 Å². The fourth-order valence-electron chi connectivity index (χ4n) is 7.27. The molecule has 4 atom stereocenters. The predicted molar refractivity (Wildman–Crippen MR) is 116 cm³/mol. The lowest BCUT2D eigenvalue weighted by molar-refractivity contribution is -0.237. The molecule has 158 valence electrons. The first-order valence-electron chi connectivity index (χ1n) is 11.8. The van der Waals surface area contributed by atoms with E-state index in [-0.39, 0.29) is 11.2 Å². The normalized spacial score (nSPS) is 33.7. The van der Waals surface area contributed by atoms with Crippen LogP contribution in [0.1, 0.15) is 61.6 Å². The SMILES string of the molecule is C[C@]12CC[C@@H]3c4ccc(OCc5ccccc5)cc4CC[C@H]3C1CCC21OCCO1. The molecule has 3 fully saturated rings. The summed E-state index contributed by atoms with van der Waals surface area (Å²) in [5.74, 6) is 2.88. The first-order chi connectivity index (χ1) is 14.7. The summed E-state index contributed by atoms with van der Waals surface area (Å²) in [6, 6.07) is 17.3. The molecule has 3 heteroatoms. The summed E-state index contributed by atoms with van der Waals surface area (Å²) < 4.78 is 18.6. The highest BCUT2D eigenvalue weighted by Gasteiger charge is 2.64. The standard InChI is InChI=1S/C27H32O3/c1-26-13-11-23-22-10-8-21(28-18-19-5-3-2-4-6-19)17-20(22)7-9-24(23)25(26)12-14-27(26)29-15-16-30-27/h2-6,8,10,17,23-25H,7,9,11-16,18H2,1H3/t23-,24-,25?,26+/m1/s1. The number of benzene rings is 2. The van der Waals surface area contributed by atoms with Gasteiger partial charge in [0.25, 0.3) is 0 Å². The summed E-state index contributed by atoms with van der Waals surface area (Å²) in [5.41, 5.74) is 4.48. The molecular weight excluding hydrogens is 372 g/mol. The van der Waals surface area contributed by atoms with E-state index < -0.39 is 0 Å². The summed E-state index contributed by atoms with van der Waals surface area (Å²) in [7, 11) is 0. The van der Waals surface area contributed by atoms with Crippen LogP contribution in [-0.2, 0) is 22.5 Å². The zero-order valence-corrected chi connectivity index (χ0v) is 17.9. The molecule has 0 amide bonds. The van der Waals surface area contributed by atoms with Gasteiger partial charge in [0.1, 0.15) is 12.4 Å². The molecule has 0 aromatic heterocycles. The van der Waals surface area contributed by atoms with Crippen molar-refractivity contribution in [2.45, 2.75) is 63.8 Å². The molecular formula is C27H32O3. The lowest BCUT2D eigenvalue weighted by Crippen LogP contribution is -2.51. The Bertz CT molecular complexity index is 917. The molecule has 4 aliphatic rings. The minimum absolute atomic E-state index is 0.181. The van der Waals surface area contributed by atoms with Crippen molar-refractivity contribution in [3.8, 4) is 5.75 Å². The number of ether oxygens (including phenoxy) is 3. The third kappa shape index (κ3) is 2.78. The van der Waals surface area contributed by atoms with Crippen LogP contribution >= 0.6 is 0 Å². The molecule has 0 radical (unpaired) electrons. The summed E-state index contributed by atoms with van der Waals surface area (Å²) in [4.78, 5) is 0. The molecule has 1 heterocycles. The topological polar surface area (TPSA) is 27.7 Å². The van der Waals surface area contributed by atoms with Gasteiger partial charge in [-0.2, -0.15) is 0 Å². The van der Waals surface area contributed by atoms with Crippen LogP contribution < -0.4 is 4.74 Å². The van der Waals surface area contributed by atoms with E-state index in [9.17, 15) is 0 Å². The van der Waals surface area contributed by atoms with Crippen LogP contribution in [-0.4, -0.2) is 19.0 Å². The fraction of sp³-hybridized carbons (Fsp3) is 0.556. The van der Waals surface area contributed by atoms with Gasteiger partial charge in [-0.25, -0.2) is 0 Å². The van der Waals surface area contributed by atoms with E-state index in [1.54, 1.807) is 5.56 Å². The number of aryl methyl sites for hydroxylation is 1. The van der Waals surface area contributed by atoms with Gasteiger partial charge in [0.2, 0.25) is 0 Å². The Morgan fingerprint density at radius 1 is 0.967 bits per heavy atom. The number of rotatable bonds is 3. The molecule has 2 aromatic carbocycles. The lowest BCUT2D eigenvalue weighted by Gasteiger charge is -2.52. The van der Waals surface area contributed by atoms with Gasteiger partial charge in [-0.05, 0) is 78.7 Å². The van der Waals surface area contributed by atoms with Gasteiger partial charge in [0, 0.05) is 11.8 Å². The first kappa shape index (κ1) is 18.9. The van der Waals surface area contributed by atoms with Gasteiger partial charge < -0.3 is 14.2 Å². The van der Waals surface area contributed by atoms with E-state index >= 15 is 0 Å². The van der Waals surface area contributed by atoms with E-state index in [2.05, 4.69) is 49.4 Å². The Morgan fingerprint density at radius 3 is 2.63 bits per heavy atom. The largest absolute Gasteiger partial charge is 0.489 e. The van der Waals surface area contributed by atoms with Crippen molar-refractivity contribution in [3.63, 3.8) is 0 Å². The van der Waals surface area contributed by atoms with Crippen LogP contribution in [0.2, 0.25) is 0 Å². The average Bonchev–Trinajstić information content (AvgIpc) is 3.38. The third-order valence-corrected chi connectivity index (χ3v) is 8.74. The molecule has 6 rings (SSSR count). The molecule has 0 N–H and O–H groups in total. The van der Waals surface area contributed by atoms with Gasteiger partial charge in [-0.3, -0.25) is 0 Å². The van der Waals surface area contributed by atoms with Crippen molar-refractivity contribution in [1.82, 2.24) is 0 Å². The molecule has 3 nitrogen and oxygen atoms in total. The Hall–Kier alpha value is -1.84. The maximum absolute atomic E-state index is 6.26. The van der Waals surface area contributed by atoms with Crippen molar-refractivity contribution in [1.29, 1.82) is 0 Å². The molecule has 2 aromatic rings. The third-order valence-electron chi connectivity index (χ3n) is 8.74. The van der Waals surface area contributed by atoms with Crippen LogP contribution in [0.15, 0.2) is 48.5 Å². The summed E-state index contributed by atoms with van der Waals surface area (Å²) in [5, 5.41) is 0. The fourth-order valence-corrected chi connectivity index (χ4v) is 7.27. The smallest absolute Gasteiger partial charge is 0.174 e. The molecule has 0 bridgehead atoms. The van der Waals surface area contributed by atoms with Gasteiger partial charge in [0.05, 0.1) is 13.2 Å². The lowest BCUT2D eigenvalue weighted by atomic mass is 9.55. The van der Waals surface area contributed by atoms with Gasteiger partial charge >= 0.3 is 0 Å².